The Bertz CT molecular complexity index is 642. The zero-order valence-corrected chi connectivity index (χ0v) is 15.1. The number of carbonyl (C=O) groups is 1. The molecule has 0 radical (unpaired) electrons. The quantitative estimate of drug-likeness (QED) is 0.735. The van der Waals surface area contributed by atoms with Gasteiger partial charge in [0.25, 0.3) is 0 Å². The van der Waals surface area contributed by atoms with Crippen LogP contribution < -0.4 is 5.46 Å². The second-order valence-corrected chi connectivity index (χ2v) is 8.05. The standard InChI is InChI=1S/C17H25BN2O4/c1-16(2,3)23-15(21)20-7-6-14-12(10-20)8-13(9-19-14)18-22-11-17(4,5)24-18/h8-9H,6-7,10-11H2,1-5H3. The van der Waals surface area contributed by atoms with Gasteiger partial charge in [0.1, 0.15) is 5.60 Å². The van der Waals surface area contributed by atoms with Crippen molar-refractivity contribution in [2.45, 2.75) is 58.8 Å². The second-order valence-electron chi connectivity index (χ2n) is 8.05. The summed E-state index contributed by atoms with van der Waals surface area (Å²) in [5.41, 5.74) is 2.17. The summed E-state index contributed by atoms with van der Waals surface area (Å²) in [4.78, 5) is 18.5. The molecular formula is C17H25BN2O4. The lowest BCUT2D eigenvalue weighted by molar-refractivity contribution is 0.0223. The molecule has 0 spiro atoms. The average molecular weight is 332 g/mol. The minimum atomic E-state index is -0.491. The van der Waals surface area contributed by atoms with Crippen molar-refractivity contribution < 1.29 is 18.8 Å². The number of ether oxygens (including phenoxy) is 1. The van der Waals surface area contributed by atoms with Crippen LogP contribution in [0.15, 0.2) is 12.3 Å². The highest BCUT2D eigenvalue weighted by Crippen LogP contribution is 2.22. The van der Waals surface area contributed by atoms with Gasteiger partial charge in [0, 0.05) is 30.3 Å². The topological polar surface area (TPSA) is 60.9 Å². The number of rotatable bonds is 1. The average Bonchev–Trinajstić information content (AvgIpc) is 2.84. The molecule has 130 valence electrons. The Morgan fingerprint density at radius 3 is 2.79 bits per heavy atom. The van der Waals surface area contributed by atoms with Crippen molar-refractivity contribution >= 4 is 18.7 Å². The molecule has 0 N–H and O–H groups in total. The maximum atomic E-state index is 12.3. The molecule has 2 aliphatic rings. The van der Waals surface area contributed by atoms with Crippen LogP contribution >= 0.6 is 0 Å². The Balaban J connectivity index is 1.73. The van der Waals surface area contributed by atoms with E-state index in [9.17, 15) is 4.79 Å². The third-order valence-corrected chi connectivity index (χ3v) is 3.99. The van der Waals surface area contributed by atoms with Crippen LogP contribution in [-0.4, -0.2) is 47.4 Å². The first-order chi connectivity index (χ1) is 11.1. The summed E-state index contributed by atoms with van der Waals surface area (Å²) in [5.74, 6) is 0. The van der Waals surface area contributed by atoms with Gasteiger partial charge in [-0.05, 0) is 40.2 Å². The van der Waals surface area contributed by atoms with Crippen LogP contribution in [0.25, 0.3) is 0 Å². The molecule has 0 aromatic carbocycles. The van der Waals surface area contributed by atoms with Crippen LogP contribution in [-0.2, 0) is 27.0 Å². The summed E-state index contributed by atoms with van der Waals surface area (Å²) in [6.45, 7) is 11.3. The monoisotopic (exact) mass is 332 g/mol. The van der Waals surface area contributed by atoms with Gasteiger partial charge < -0.3 is 18.9 Å². The van der Waals surface area contributed by atoms with Crippen molar-refractivity contribution in [1.82, 2.24) is 9.88 Å². The molecule has 24 heavy (non-hydrogen) atoms. The van der Waals surface area contributed by atoms with Gasteiger partial charge >= 0.3 is 13.2 Å². The van der Waals surface area contributed by atoms with E-state index in [1.807, 2.05) is 46.9 Å². The normalized spacial score (nSPS) is 20.0. The summed E-state index contributed by atoms with van der Waals surface area (Å²) in [7, 11) is -0.394. The van der Waals surface area contributed by atoms with Crippen LogP contribution in [0.4, 0.5) is 4.79 Å². The number of amides is 1. The Labute approximate surface area is 143 Å². The maximum Gasteiger partial charge on any atom is 0.496 e. The largest absolute Gasteiger partial charge is 0.496 e. The molecule has 2 aliphatic heterocycles. The second kappa shape index (κ2) is 6.04. The zero-order chi connectivity index (χ0) is 17.5. The third kappa shape index (κ3) is 3.90. The number of nitrogens with zero attached hydrogens (tertiary/aromatic N) is 2. The fourth-order valence-corrected chi connectivity index (χ4v) is 2.85. The van der Waals surface area contributed by atoms with Gasteiger partial charge in [0.2, 0.25) is 0 Å². The van der Waals surface area contributed by atoms with E-state index in [0.29, 0.717) is 19.7 Å². The number of fused-ring (bicyclic) bond motifs is 1. The summed E-state index contributed by atoms with van der Waals surface area (Å²) in [6, 6.07) is 2.03. The van der Waals surface area contributed by atoms with Gasteiger partial charge in [-0.1, -0.05) is 6.07 Å². The highest BCUT2D eigenvalue weighted by molar-refractivity contribution is 6.61. The van der Waals surface area contributed by atoms with Crippen LogP contribution in [0.1, 0.15) is 45.9 Å². The van der Waals surface area contributed by atoms with Gasteiger partial charge in [0.05, 0.1) is 18.8 Å². The highest BCUT2D eigenvalue weighted by atomic mass is 16.7. The summed E-state index contributed by atoms with van der Waals surface area (Å²) < 4.78 is 17.1. The van der Waals surface area contributed by atoms with Crippen LogP contribution in [0.2, 0.25) is 0 Å². The van der Waals surface area contributed by atoms with Crippen molar-refractivity contribution in [1.29, 1.82) is 0 Å². The van der Waals surface area contributed by atoms with Gasteiger partial charge in [-0.25, -0.2) is 4.79 Å². The Kier molecular flexibility index (Phi) is 4.34. The lowest BCUT2D eigenvalue weighted by atomic mass is 9.79. The lowest BCUT2D eigenvalue weighted by Gasteiger charge is -2.31. The first-order valence-corrected chi connectivity index (χ1v) is 8.38. The smallest absolute Gasteiger partial charge is 0.444 e. The predicted molar refractivity (Wildman–Crippen MR) is 91.1 cm³/mol. The molecule has 0 aliphatic carbocycles. The Morgan fingerprint density at radius 2 is 2.17 bits per heavy atom. The predicted octanol–water partition coefficient (Wildman–Crippen LogP) is 1.90. The molecule has 1 saturated heterocycles. The molecule has 3 heterocycles. The molecule has 1 aromatic heterocycles. The first kappa shape index (κ1) is 17.2. The number of pyridine rings is 1. The zero-order valence-electron chi connectivity index (χ0n) is 15.1. The summed E-state index contributed by atoms with van der Waals surface area (Å²) >= 11 is 0. The molecule has 7 heteroatoms. The van der Waals surface area contributed by atoms with E-state index < -0.39 is 12.7 Å². The molecule has 0 unspecified atom stereocenters. The van der Waals surface area contributed by atoms with Gasteiger partial charge in [-0.2, -0.15) is 0 Å². The third-order valence-electron chi connectivity index (χ3n) is 3.99. The van der Waals surface area contributed by atoms with Crippen LogP contribution in [0, 0.1) is 0 Å². The van der Waals surface area contributed by atoms with Crippen molar-refractivity contribution in [3.8, 4) is 0 Å². The Hall–Kier alpha value is -1.60. The van der Waals surface area contributed by atoms with Gasteiger partial charge in [-0.15, -0.1) is 0 Å². The number of hydrogen-bond acceptors (Lipinski definition) is 5. The molecule has 1 fully saturated rings. The Morgan fingerprint density at radius 1 is 1.42 bits per heavy atom. The fourth-order valence-electron chi connectivity index (χ4n) is 2.85. The van der Waals surface area contributed by atoms with E-state index >= 15 is 0 Å². The van der Waals surface area contributed by atoms with Crippen LogP contribution in [0.3, 0.4) is 0 Å². The number of aromatic nitrogens is 1. The summed E-state index contributed by atoms with van der Waals surface area (Å²) in [6.07, 6.45) is 2.26. The van der Waals surface area contributed by atoms with E-state index in [2.05, 4.69) is 4.98 Å². The van der Waals surface area contributed by atoms with E-state index in [4.69, 9.17) is 14.0 Å². The number of carbonyl (C=O) groups excluding carboxylic acids is 1. The molecule has 0 atom stereocenters. The number of hydrogen-bond donors (Lipinski definition) is 0. The van der Waals surface area contributed by atoms with E-state index in [1.165, 1.54) is 0 Å². The van der Waals surface area contributed by atoms with E-state index in [0.717, 1.165) is 23.1 Å². The fraction of sp³-hybridized carbons (Fsp3) is 0.647. The minimum absolute atomic E-state index is 0.284. The molecule has 1 aromatic rings. The lowest BCUT2D eigenvalue weighted by Crippen LogP contribution is -2.41. The molecule has 1 amide bonds. The molecule has 3 rings (SSSR count). The highest BCUT2D eigenvalue weighted by Gasteiger charge is 2.39. The summed E-state index contributed by atoms with van der Waals surface area (Å²) in [5, 5.41) is 0. The molecule has 0 bridgehead atoms. The van der Waals surface area contributed by atoms with Gasteiger partial charge in [0.15, 0.2) is 0 Å². The minimum Gasteiger partial charge on any atom is -0.444 e. The van der Waals surface area contributed by atoms with Crippen molar-refractivity contribution in [3.63, 3.8) is 0 Å². The van der Waals surface area contributed by atoms with Crippen molar-refractivity contribution in [2.24, 2.45) is 0 Å². The van der Waals surface area contributed by atoms with Crippen molar-refractivity contribution in [3.05, 3.63) is 23.5 Å². The molecular weight excluding hydrogens is 307 g/mol. The van der Waals surface area contributed by atoms with Gasteiger partial charge in [-0.3, -0.25) is 4.98 Å². The van der Waals surface area contributed by atoms with E-state index in [-0.39, 0.29) is 11.7 Å². The SMILES string of the molecule is CC(C)(C)OC(=O)N1CCc2ncc(B3OCC(C)(C)O3)cc2C1. The maximum absolute atomic E-state index is 12.3. The first-order valence-electron chi connectivity index (χ1n) is 8.38. The molecule has 6 nitrogen and oxygen atoms in total. The van der Waals surface area contributed by atoms with Crippen LogP contribution in [0.5, 0.6) is 0 Å². The van der Waals surface area contributed by atoms with E-state index in [1.54, 1.807) is 4.90 Å². The van der Waals surface area contributed by atoms with Crippen molar-refractivity contribution in [2.75, 3.05) is 13.2 Å². The molecule has 0 saturated carbocycles.